The number of aromatic amines is 1. The number of nitriles is 1. The molecule has 3 rings (SSSR count). The van der Waals surface area contributed by atoms with Gasteiger partial charge in [0.25, 0.3) is 0 Å². The van der Waals surface area contributed by atoms with Gasteiger partial charge in [0, 0.05) is 10.9 Å². The number of fused-ring (bicyclic) bond motifs is 3. The van der Waals surface area contributed by atoms with Gasteiger partial charge in [-0.05, 0) is 12.1 Å². The first-order chi connectivity index (χ1) is 6.88. The Bertz CT molecular complexity index is 655. The second kappa shape index (κ2) is 2.60. The maximum absolute atomic E-state index is 8.78. The molecule has 1 aromatic carbocycles. The first-order valence-corrected chi connectivity index (χ1v) is 5.10. The van der Waals surface area contributed by atoms with Crippen LogP contribution in [-0.4, -0.2) is 4.98 Å². The summed E-state index contributed by atoms with van der Waals surface area (Å²) in [5.41, 5.74) is 2.20. The Morgan fingerprint density at radius 2 is 2.07 bits per heavy atom. The molecule has 0 amide bonds. The topological polar surface area (TPSA) is 39.6 Å². The normalized spacial score (nSPS) is 10.8. The highest BCUT2D eigenvalue weighted by Gasteiger charge is 2.07. The van der Waals surface area contributed by atoms with Crippen LogP contribution in [0.1, 0.15) is 4.88 Å². The quantitative estimate of drug-likeness (QED) is 0.591. The summed E-state index contributed by atoms with van der Waals surface area (Å²) in [7, 11) is 0. The first-order valence-electron chi connectivity index (χ1n) is 4.29. The monoisotopic (exact) mass is 198 g/mol. The fourth-order valence-electron chi connectivity index (χ4n) is 1.67. The summed E-state index contributed by atoms with van der Waals surface area (Å²) in [6.07, 6.45) is 0. The summed E-state index contributed by atoms with van der Waals surface area (Å²) in [6, 6.07) is 12.2. The minimum atomic E-state index is 0.761. The Morgan fingerprint density at radius 1 is 1.21 bits per heavy atom. The summed E-state index contributed by atoms with van der Waals surface area (Å²) in [5.74, 6) is 0. The van der Waals surface area contributed by atoms with Crippen LogP contribution >= 0.6 is 11.3 Å². The number of H-pyrrole nitrogens is 1. The van der Waals surface area contributed by atoms with Gasteiger partial charge in [-0.1, -0.05) is 18.2 Å². The molecule has 0 aliphatic rings. The van der Waals surface area contributed by atoms with Crippen molar-refractivity contribution in [3.05, 3.63) is 35.2 Å². The molecule has 14 heavy (non-hydrogen) atoms. The molecule has 0 unspecified atom stereocenters. The van der Waals surface area contributed by atoms with Crippen molar-refractivity contribution in [3.63, 3.8) is 0 Å². The van der Waals surface area contributed by atoms with Crippen molar-refractivity contribution in [2.75, 3.05) is 0 Å². The zero-order chi connectivity index (χ0) is 9.54. The standard InChI is InChI=1S/C11H6N2S/c12-6-7-5-10-11(14-7)8-3-1-2-4-9(8)13-10/h1-5,13H. The van der Waals surface area contributed by atoms with Crippen LogP contribution in [0.3, 0.4) is 0 Å². The molecule has 2 heterocycles. The molecular weight excluding hydrogens is 192 g/mol. The van der Waals surface area contributed by atoms with Crippen molar-refractivity contribution >= 4 is 32.5 Å². The van der Waals surface area contributed by atoms with E-state index in [1.54, 1.807) is 11.3 Å². The van der Waals surface area contributed by atoms with Crippen LogP contribution in [0.5, 0.6) is 0 Å². The van der Waals surface area contributed by atoms with Gasteiger partial charge in [0.15, 0.2) is 0 Å². The smallest absolute Gasteiger partial charge is 0.110 e. The molecular formula is C11H6N2S. The van der Waals surface area contributed by atoms with Crippen molar-refractivity contribution in [2.24, 2.45) is 0 Å². The molecule has 1 N–H and O–H groups in total. The number of benzene rings is 1. The molecule has 0 aliphatic heterocycles. The number of nitrogens with one attached hydrogen (secondary N) is 1. The van der Waals surface area contributed by atoms with Gasteiger partial charge in [-0.25, -0.2) is 0 Å². The summed E-state index contributed by atoms with van der Waals surface area (Å²) >= 11 is 1.54. The van der Waals surface area contributed by atoms with E-state index in [0.717, 1.165) is 15.9 Å². The number of nitrogens with zero attached hydrogens (tertiary/aromatic N) is 1. The van der Waals surface area contributed by atoms with Crippen LogP contribution in [0.2, 0.25) is 0 Å². The number of rotatable bonds is 0. The summed E-state index contributed by atoms with van der Waals surface area (Å²) < 4.78 is 1.18. The number of hydrogen-bond acceptors (Lipinski definition) is 2. The van der Waals surface area contributed by atoms with E-state index in [1.807, 2.05) is 24.3 Å². The van der Waals surface area contributed by atoms with Crippen LogP contribution < -0.4 is 0 Å². The van der Waals surface area contributed by atoms with Gasteiger partial charge >= 0.3 is 0 Å². The fourth-order valence-corrected chi connectivity index (χ4v) is 2.62. The second-order valence-corrected chi connectivity index (χ2v) is 4.19. The summed E-state index contributed by atoms with van der Waals surface area (Å²) in [6.45, 7) is 0. The number of thiophene rings is 1. The zero-order valence-corrected chi connectivity index (χ0v) is 8.06. The lowest BCUT2D eigenvalue weighted by Crippen LogP contribution is -1.65. The van der Waals surface area contributed by atoms with E-state index in [1.165, 1.54) is 10.1 Å². The van der Waals surface area contributed by atoms with Crippen LogP contribution in [0.4, 0.5) is 0 Å². The highest BCUT2D eigenvalue weighted by molar-refractivity contribution is 7.20. The van der Waals surface area contributed by atoms with Crippen molar-refractivity contribution < 1.29 is 0 Å². The van der Waals surface area contributed by atoms with Gasteiger partial charge in [0.2, 0.25) is 0 Å². The van der Waals surface area contributed by atoms with Crippen LogP contribution in [0.15, 0.2) is 30.3 Å². The largest absolute Gasteiger partial charge is 0.354 e. The molecule has 3 aromatic rings. The summed E-state index contributed by atoms with van der Waals surface area (Å²) in [5, 5.41) is 9.98. The lowest BCUT2D eigenvalue weighted by atomic mass is 10.2. The van der Waals surface area contributed by atoms with Crippen LogP contribution in [0, 0.1) is 11.3 Å². The van der Waals surface area contributed by atoms with Gasteiger partial charge in [-0.2, -0.15) is 5.26 Å². The third-order valence-corrected chi connectivity index (χ3v) is 3.36. The number of aromatic nitrogens is 1. The average Bonchev–Trinajstić information content (AvgIpc) is 2.73. The molecule has 3 heteroatoms. The fraction of sp³-hybridized carbons (Fsp3) is 0. The number of para-hydroxylation sites is 1. The molecule has 0 aliphatic carbocycles. The Kier molecular flexibility index (Phi) is 1.41. The minimum absolute atomic E-state index is 0.761. The maximum atomic E-state index is 8.78. The van der Waals surface area contributed by atoms with E-state index < -0.39 is 0 Å². The van der Waals surface area contributed by atoms with E-state index in [4.69, 9.17) is 5.26 Å². The first kappa shape index (κ1) is 7.60. The van der Waals surface area contributed by atoms with Crippen molar-refractivity contribution in [3.8, 4) is 6.07 Å². The number of hydrogen-bond donors (Lipinski definition) is 1. The van der Waals surface area contributed by atoms with E-state index in [2.05, 4.69) is 17.1 Å². The van der Waals surface area contributed by atoms with Crippen LogP contribution in [0.25, 0.3) is 21.1 Å². The molecule has 2 aromatic heterocycles. The Morgan fingerprint density at radius 3 is 2.93 bits per heavy atom. The van der Waals surface area contributed by atoms with Gasteiger partial charge in [-0.15, -0.1) is 11.3 Å². The van der Waals surface area contributed by atoms with Gasteiger partial charge in [0.05, 0.1) is 10.2 Å². The maximum Gasteiger partial charge on any atom is 0.110 e. The zero-order valence-electron chi connectivity index (χ0n) is 7.24. The van der Waals surface area contributed by atoms with Crippen molar-refractivity contribution in [2.45, 2.75) is 0 Å². The van der Waals surface area contributed by atoms with Gasteiger partial charge < -0.3 is 4.98 Å². The van der Waals surface area contributed by atoms with E-state index in [9.17, 15) is 0 Å². The van der Waals surface area contributed by atoms with Gasteiger partial charge in [0.1, 0.15) is 10.9 Å². The Balaban J connectivity index is 2.52. The van der Waals surface area contributed by atoms with Crippen molar-refractivity contribution in [1.82, 2.24) is 4.98 Å². The lowest BCUT2D eigenvalue weighted by molar-refractivity contribution is 1.51. The third kappa shape index (κ3) is 0.889. The Labute approximate surface area is 84.4 Å². The molecule has 0 saturated carbocycles. The summed E-state index contributed by atoms with van der Waals surface area (Å²) in [4.78, 5) is 4.05. The second-order valence-electron chi connectivity index (χ2n) is 3.14. The lowest BCUT2D eigenvalue weighted by Gasteiger charge is -1.85. The SMILES string of the molecule is N#Cc1cc2[nH]c3ccccc3c2s1. The van der Waals surface area contributed by atoms with Gasteiger partial charge in [-0.3, -0.25) is 0 Å². The molecule has 0 bridgehead atoms. The molecule has 0 saturated heterocycles. The minimum Gasteiger partial charge on any atom is -0.354 e. The van der Waals surface area contributed by atoms with E-state index in [0.29, 0.717) is 0 Å². The highest BCUT2D eigenvalue weighted by Crippen LogP contribution is 2.31. The van der Waals surface area contributed by atoms with Crippen molar-refractivity contribution in [1.29, 1.82) is 5.26 Å². The average molecular weight is 198 g/mol. The molecule has 0 radical (unpaired) electrons. The molecule has 66 valence electrons. The Hall–Kier alpha value is -1.79. The van der Waals surface area contributed by atoms with E-state index >= 15 is 0 Å². The molecule has 0 fully saturated rings. The third-order valence-electron chi connectivity index (χ3n) is 2.28. The van der Waals surface area contributed by atoms with Crippen LogP contribution in [-0.2, 0) is 0 Å². The highest BCUT2D eigenvalue weighted by atomic mass is 32.1. The predicted octanol–water partition coefficient (Wildman–Crippen LogP) is 3.25. The molecule has 2 nitrogen and oxygen atoms in total. The molecule has 0 spiro atoms. The predicted molar refractivity (Wildman–Crippen MR) is 58.4 cm³/mol. The molecule has 0 atom stereocenters. The van der Waals surface area contributed by atoms with E-state index in [-0.39, 0.29) is 0 Å².